The number of aldehydes is 1. The van der Waals surface area contributed by atoms with Gasteiger partial charge < -0.3 is 9.47 Å². The summed E-state index contributed by atoms with van der Waals surface area (Å²) in [7, 11) is 2.20. The van der Waals surface area contributed by atoms with Crippen LogP contribution in [-0.2, 0) is 6.54 Å². The number of carbonyl (C=O) groups excluding carboxylic acids is 1. The number of hydrogen-bond acceptors (Lipinski definition) is 2. The predicted molar refractivity (Wildman–Crippen MR) is 77.5 cm³/mol. The first kappa shape index (κ1) is 12.4. The summed E-state index contributed by atoms with van der Waals surface area (Å²) < 4.78 is 2.33. The number of nitrogens with zero attached hydrogens (tertiary/aromatic N) is 2. The molecule has 0 spiro atoms. The highest BCUT2D eigenvalue weighted by Crippen LogP contribution is 2.22. The molecule has 2 aromatic rings. The van der Waals surface area contributed by atoms with Gasteiger partial charge in [-0.15, -0.1) is 0 Å². The maximum Gasteiger partial charge on any atom is 0.150 e. The third kappa shape index (κ3) is 2.56. The highest BCUT2D eigenvalue weighted by atomic mass is 16.1. The molecule has 0 saturated carbocycles. The van der Waals surface area contributed by atoms with E-state index in [2.05, 4.69) is 34.8 Å². The Kier molecular flexibility index (Phi) is 3.38. The molecule has 3 rings (SSSR count). The summed E-state index contributed by atoms with van der Waals surface area (Å²) in [6.07, 6.45) is 5.67. The lowest BCUT2D eigenvalue weighted by atomic mass is 9.98. The largest absolute Gasteiger partial charge is 0.347 e. The fourth-order valence-corrected chi connectivity index (χ4v) is 3.15. The Morgan fingerprint density at radius 2 is 2.26 bits per heavy atom. The van der Waals surface area contributed by atoms with Crippen molar-refractivity contribution in [2.75, 3.05) is 20.1 Å². The second kappa shape index (κ2) is 5.17. The smallest absolute Gasteiger partial charge is 0.150 e. The minimum absolute atomic E-state index is 0.736. The Bertz CT molecular complexity index is 587. The SMILES string of the molecule is CN1CCCC(Cn2ccc3cc(C=O)ccc32)C1. The normalized spacial score (nSPS) is 20.8. The van der Waals surface area contributed by atoms with E-state index in [0.717, 1.165) is 29.7 Å². The minimum atomic E-state index is 0.736. The maximum absolute atomic E-state index is 10.8. The molecule has 1 aliphatic rings. The van der Waals surface area contributed by atoms with Crippen molar-refractivity contribution in [1.82, 2.24) is 9.47 Å². The highest BCUT2D eigenvalue weighted by Gasteiger charge is 2.17. The van der Waals surface area contributed by atoms with E-state index in [1.54, 1.807) is 0 Å². The van der Waals surface area contributed by atoms with Crippen molar-refractivity contribution in [2.45, 2.75) is 19.4 Å². The van der Waals surface area contributed by atoms with Gasteiger partial charge in [0.2, 0.25) is 0 Å². The van der Waals surface area contributed by atoms with Gasteiger partial charge >= 0.3 is 0 Å². The number of rotatable bonds is 3. The number of piperidine rings is 1. The topological polar surface area (TPSA) is 25.2 Å². The second-order valence-electron chi connectivity index (χ2n) is 5.67. The molecule has 1 aromatic carbocycles. The highest BCUT2D eigenvalue weighted by molar-refractivity contribution is 5.87. The molecule has 0 aliphatic carbocycles. The van der Waals surface area contributed by atoms with Gasteiger partial charge in [-0.2, -0.15) is 0 Å². The second-order valence-corrected chi connectivity index (χ2v) is 5.67. The molecule has 1 atom stereocenters. The average Bonchev–Trinajstić information content (AvgIpc) is 2.81. The molecule has 1 aromatic heterocycles. The third-order valence-electron chi connectivity index (χ3n) is 4.11. The summed E-state index contributed by atoms with van der Waals surface area (Å²) in [6.45, 7) is 3.49. The Morgan fingerprint density at radius 3 is 3.05 bits per heavy atom. The molecule has 0 amide bonds. The molecule has 1 saturated heterocycles. The van der Waals surface area contributed by atoms with Crippen LogP contribution in [0.5, 0.6) is 0 Å². The first-order valence-corrected chi connectivity index (χ1v) is 6.99. The Hall–Kier alpha value is -1.61. The first-order chi connectivity index (χ1) is 9.26. The van der Waals surface area contributed by atoms with Gasteiger partial charge in [0, 0.05) is 35.8 Å². The molecule has 1 unspecified atom stereocenters. The van der Waals surface area contributed by atoms with Gasteiger partial charge in [-0.25, -0.2) is 0 Å². The number of carbonyl (C=O) groups is 1. The van der Waals surface area contributed by atoms with E-state index in [9.17, 15) is 4.79 Å². The van der Waals surface area contributed by atoms with Gasteiger partial charge in [0.1, 0.15) is 6.29 Å². The van der Waals surface area contributed by atoms with Crippen LogP contribution in [0, 0.1) is 5.92 Å². The molecule has 1 fully saturated rings. The van der Waals surface area contributed by atoms with Gasteiger partial charge in [0.05, 0.1) is 0 Å². The van der Waals surface area contributed by atoms with E-state index in [1.165, 1.54) is 31.4 Å². The molecule has 19 heavy (non-hydrogen) atoms. The summed E-state index contributed by atoms with van der Waals surface area (Å²) in [5.74, 6) is 0.736. The van der Waals surface area contributed by atoms with Crippen LogP contribution < -0.4 is 0 Å². The van der Waals surface area contributed by atoms with Crippen LogP contribution in [0.4, 0.5) is 0 Å². The third-order valence-corrected chi connectivity index (χ3v) is 4.11. The number of fused-ring (bicyclic) bond motifs is 1. The lowest BCUT2D eigenvalue weighted by molar-refractivity contribution is 0.112. The predicted octanol–water partition coefficient (Wildman–Crippen LogP) is 2.80. The lowest BCUT2D eigenvalue weighted by Gasteiger charge is -2.30. The van der Waals surface area contributed by atoms with Crippen molar-refractivity contribution in [3.05, 3.63) is 36.0 Å². The quantitative estimate of drug-likeness (QED) is 0.789. The molecular formula is C16H20N2O. The number of aromatic nitrogens is 1. The molecule has 3 heteroatoms. The van der Waals surface area contributed by atoms with Gasteiger partial charge in [-0.05, 0) is 56.6 Å². The van der Waals surface area contributed by atoms with Crippen molar-refractivity contribution in [2.24, 2.45) is 5.92 Å². The maximum atomic E-state index is 10.8. The van der Waals surface area contributed by atoms with E-state index in [-0.39, 0.29) is 0 Å². The van der Waals surface area contributed by atoms with Crippen LogP contribution >= 0.6 is 0 Å². The van der Waals surface area contributed by atoms with E-state index in [4.69, 9.17) is 0 Å². The number of benzene rings is 1. The molecule has 1 aliphatic heterocycles. The summed E-state index contributed by atoms with van der Waals surface area (Å²) in [5.41, 5.74) is 1.99. The van der Waals surface area contributed by atoms with Gasteiger partial charge in [-0.1, -0.05) is 0 Å². The molecule has 3 nitrogen and oxygen atoms in total. The number of likely N-dealkylation sites (tertiary alicyclic amines) is 1. The van der Waals surface area contributed by atoms with Crippen LogP contribution in [0.15, 0.2) is 30.5 Å². The molecule has 2 heterocycles. The minimum Gasteiger partial charge on any atom is -0.347 e. The van der Waals surface area contributed by atoms with Crippen molar-refractivity contribution in [1.29, 1.82) is 0 Å². The van der Waals surface area contributed by atoms with Crippen molar-refractivity contribution in [3.8, 4) is 0 Å². The Labute approximate surface area is 113 Å². The van der Waals surface area contributed by atoms with Gasteiger partial charge in [0.15, 0.2) is 0 Å². The summed E-state index contributed by atoms with van der Waals surface area (Å²) in [4.78, 5) is 13.2. The number of hydrogen-bond donors (Lipinski definition) is 0. The fraction of sp³-hybridized carbons (Fsp3) is 0.438. The molecular weight excluding hydrogens is 236 g/mol. The molecule has 0 N–H and O–H groups in total. The first-order valence-electron chi connectivity index (χ1n) is 6.99. The van der Waals surface area contributed by atoms with Gasteiger partial charge in [-0.3, -0.25) is 4.79 Å². The average molecular weight is 256 g/mol. The van der Waals surface area contributed by atoms with E-state index >= 15 is 0 Å². The lowest BCUT2D eigenvalue weighted by Crippen LogP contribution is -2.33. The van der Waals surface area contributed by atoms with Crippen LogP contribution in [0.3, 0.4) is 0 Å². The molecule has 100 valence electrons. The van der Waals surface area contributed by atoms with E-state index in [0.29, 0.717) is 0 Å². The van der Waals surface area contributed by atoms with Crippen molar-refractivity contribution < 1.29 is 4.79 Å². The zero-order valence-electron chi connectivity index (χ0n) is 11.4. The molecule has 0 radical (unpaired) electrons. The van der Waals surface area contributed by atoms with Crippen LogP contribution in [0.1, 0.15) is 23.2 Å². The van der Waals surface area contributed by atoms with Gasteiger partial charge in [0.25, 0.3) is 0 Å². The monoisotopic (exact) mass is 256 g/mol. The Balaban J connectivity index is 1.83. The van der Waals surface area contributed by atoms with Crippen molar-refractivity contribution in [3.63, 3.8) is 0 Å². The van der Waals surface area contributed by atoms with Crippen LogP contribution in [0.2, 0.25) is 0 Å². The summed E-state index contributed by atoms with van der Waals surface area (Å²) in [5, 5.41) is 1.16. The van der Waals surface area contributed by atoms with E-state index in [1.807, 2.05) is 12.1 Å². The fourth-order valence-electron chi connectivity index (χ4n) is 3.15. The van der Waals surface area contributed by atoms with E-state index < -0.39 is 0 Å². The van der Waals surface area contributed by atoms with Crippen molar-refractivity contribution >= 4 is 17.2 Å². The Morgan fingerprint density at radius 1 is 1.37 bits per heavy atom. The zero-order valence-corrected chi connectivity index (χ0v) is 11.4. The van der Waals surface area contributed by atoms with Crippen LogP contribution in [0.25, 0.3) is 10.9 Å². The van der Waals surface area contributed by atoms with Crippen LogP contribution in [-0.4, -0.2) is 35.9 Å². The molecule has 0 bridgehead atoms. The summed E-state index contributed by atoms with van der Waals surface area (Å²) >= 11 is 0. The zero-order chi connectivity index (χ0) is 13.2. The summed E-state index contributed by atoms with van der Waals surface area (Å²) in [6, 6.07) is 8.03. The standard InChI is InChI=1S/C16H20N2O/c1-17-7-2-3-14(10-17)11-18-8-6-15-9-13(12-19)4-5-16(15)18/h4-6,8-9,12,14H,2-3,7,10-11H2,1H3.